The summed E-state index contributed by atoms with van der Waals surface area (Å²) in [6, 6.07) is 1.75. The van der Waals surface area contributed by atoms with Crippen molar-refractivity contribution in [2.75, 3.05) is 13.2 Å². The smallest absolute Gasteiger partial charge is 0.236 e. The average Bonchev–Trinajstić information content (AvgIpc) is 2.99. The maximum Gasteiger partial charge on any atom is 0.236 e. The Labute approximate surface area is 111 Å². The van der Waals surface area contributed by atoms with Gasteiger partial charge in [-0.1, -0.05) is 5.16 Å². The van der Waals surface area contributed by atoms with Crippen molar-refractivity contribution in [3.8, 4) is 11.4 Å². The van der Waals surface area contributed by atoms with Gasteiger partial charge >= 0.3 is 0 Å². The summed E-state index contributed by atoms with van der Waals surface area (Å²) >= 11 is 0. The van der Waals surface area contributed by atoms with Crippen molar-refractivity contribution in [1.82, 2.24) is 15.1 Å². The van der Waals surface area contributed by atoms with Crippen LogP contribution in [-0.4, -0.2) is 34.4 Å². The number of rotatable bonds is 2. The Morgan fingerprint density at radius 3 is 3.00 bits per heavy atom. The first-order chi connectivity index (χ1) is 9.11. The van der Waals surface area contributed by atoms with E-state index in [0.29, 0.717) is 24.9 Å². The van der Waals surface area contributed by atoms with E-state index >= 15 is 0 Å². The normalized spacial score (nSPS) is 26.8. The quantitative estimate of drug-likeness (QED) is 0.868. The van der Waals surface area contributed by atoms with E-state index in [1.165, 1.54) is 0 Å². The first kappa shape index (κ1) is 12.3. The van der Waals surface area contributed by atoms with E-state index < -0.39 is 5.41 Å². The zero-order valence-electron chi connectivity index (χ0n) is 11.0. The van der Waals surface area contributed by atoms with Crippen LogP contribution < -0.4 is 5.73 Å². The van der Waals surface area contributed by atoms with Crippen molar-refractivity contribution in [1.29, 1.82) is 0 Å². The van der Waals surface area contributed by atoms with E-state index in [1.54, 1.807) is 12.4 Å². The second kappa shape index (κ2) is 4.40. The van der Waals surface area contributed by atoms with Gasteiger partial charge in [0.05, 0.1) is 18.6 Å². The van der Waals surface area contributed by atoms with Crippen molar-refractivity contribution in [3.63, 3.8) is 0 Å². The number of pyridine rings is 1. The molecule has 0 bridgehead atoms. The van der Waals surface area contributed by atoms with Crippen LogP contribution in [0.3, 0.4) is 0 Å². The zero-order valence-corrected chi connectivity index (χ0v) is 11.0. The summed E-state index contributed by atoms with van der Waals surface area (Å²) < 4.78 is 10.8. The van der Waals surface area contributed by atoms with Crippen molar-refractivity contribution in [2.45, 2.75) is 25.3 Å². The molecule has 2 aromatic rings. The standard InChI is InChI=1S/C13H16N4O2/c1-8-5-15-4-3-9(8)11-16-12(19-17-11)13(2)7-18-6-10(13)14/h3-5,10H,6-7,14H2,1-2H3. The minimum absolute atomic E-state index is 0.126. The summed E-state index contributed by atoms with van der Waals surface area (Å²) in [6.07, 6.45) is 3.49. The fraction of sp³-hybridized carbons (Fsp3) is 0.462. The molecule has 0 saturated carbocycles. The molecular weight excluding hydrogens is 244 g/mol. The molecule has 2 unspecified atom stereocenters. The Balaban J connectivity index is 1.98. The minimum atomic E-state index is -0.411. The molecule has 100 valence electrons. The second-order valence-corrected chi connectivity index (χ2v) is 5.15. The van der Waals surface area contributed by atoms with Crippen LogP contribution >= 0.6 is 0 Å². The van der Waals surface area contributed by atoms with Gasteiger partial charge in [-0.05, 0) is 25.5 Å². The monoisotopic (exact) mass is 260 g/mol. The molecule has 0 spiro atoms. The summed E-state index contributed by atoms with van der Waals surface area (Å²) in [5.74, 6) is 1.10. The fourth-order valence-corrected chi connectivity index (χ4v) is 2.20. The lowest BCUT2D eigenvalue weighted by molar-refractivity contribution is 0.169. The van der Waals surface area contributed by atoms with Crippen molar-refractivity contribution in [3.05, 3.63) is 29.9 Å². The van der Waals surface area contributed by atoms with E-state index in [0.717, 1.165) is 11.1 Å². The molecule has 1 aliphatic rings. The van der Waals surface area contributed by atoms with Gasteiger partial charge in [0.15, 0.2) is 0 Å². The molecule has 6 heteroatoms. The molecule has 0 amide bonds. The first-order valence-electron chi connectivity index (χ1n) is 6.20. The molecule has 0 aliphatic carbocycles. The van der Waals surface area contributed by atoms with E-state index in [9.17, 15) is 0 Å². The maximum atomic E-state index is 6.06. The summed E-state index contributed by atoms with van der Waals surface area (Å²) in [4.78, 5) is 8.53. The summed E-state index contributed by atoms with van der Waals surface area (Å²) in [5, 5.41) is 4.05. The van der Waals surface area contributed by atoms with Crippen LogP contribution in [0.15, 0.2) is 23.0 Å². The Morgan fingerprint density at radius 2 is 2.32 bits per heavy atom. The van der Waals surface area contributed by atoms with Crippen molar-refractivity contribution in [2.24, 2.45) is 5.73 Å². The van der Waals surface area contributed by atoms with Gasteiger partial charge in [0.2, 0.25) is 11.7 Å². The summed E-state index contributed by atoms with van der Waals surface area (Å²) in [7, 11) is 0. The van der Waals surface area contributed by atoms with Gasteiger partial charge in [0, 0.05) is 24.0 Å². The topological polar surface area (TPSA) is 87.1 Å². The summed E-state index contributed by atoms with van der Waals surface area (Å²) in [5.41, 5.74) is 7.57. The molecule has 3 heterocycles. The molecule has 2 aromatic heterocycles. The molecule has 1 fully saturated rings. The van der Waals surface area contributed by atoms with Gasteiger partial charge < -0.3 is 15.0 Å². The maximum absolute atomic E-state index is 6.06. The first-order valence-corrected chi connectivity index (χ1v) is 6.20. The van der Waals surface area contributed by atoms with E-state index in [2.05, 4.69) is 15.1 Å². The second-order valence-electron chi connectivity index (χ2n) is 5.15. The van der Waals surface area contributed by atoms with E-state index in [1.807, 2.05) is 19.9 Å². The van der Waals surface area contributed by atoms with Crippen LogP contribution in [0.1, 0.15) is 18.4 Å². The van der Waals surface area contributed by atoms with Crippen LogP contribution in [0, 0.1) is 6.92 Å². The number of aryl methyl sites for hydroxylation is 1. The average molecular weight is 260 g/mol. The van der Waals surface area contributed by atoms with Crippen LogP contribution in [0.25, 0.3) is 11.4 Å². The number of aromatic nitrogens is 3. The Hall–Kier alpha value is -1.79. The highest BCUT2D eigenvalue weighted by molar-refractivity contribution is 5.58. The molecule has 1 saturated heterocycles. The summed E-state index contributed by atoms with van der Waals surface area (Å²) in [6.45, 7) is 4.97. The zero-order chi connectivity index (χ0) is 13.5. The van der Waals surface area contributed by atoms with Gasteiger partial charge in [-0.2, -0.15) is 4.98 Å². The third kappa shape index (κ3) is 1.93. The van der Waals surface area contributed by atoms with Gasteiger partial charge in [0.1, 0.15) is 0 Å². The number of nitrogens with two attached hydrogens (primary N) is 1. The SMILES string of the molecule is Cc1cnccc1-c1noc(C2(C)COCC2N)n1. The number of hydrogen-bond acceptors (Lipinski definition) is 6. The molecule has 2 atom stereocenters. The van der Waals surface area contributed by atoms with E-state index in [4.69, 9.17) is 15.0 Å². The number of ether oxygens (including phenoxy) is 1. The third-order valence-corrected chi connectivity index (χ3v) is 3.69. The molecule has 3 rings (SSSR count). The van der Waals surface area contributed by atoms with Crippen LogP contribution in [0.5, 0.6) is 0 Å². The van der Waals surface area contributed by atoms with Gasteiger partial charge in [-0.25, -0.2) is 0 Å². The lowest BCUT2D eigenvalue weighted by Gasteiger charge is -2.21. The highest BCUT2D eigenvalue weighted by atomic mass is 16.5. The Kier molecular flexibility index (Phi) is 2.83. The minimum Gasteiger partial charge on any atom is -0.379 e. The van der Waals surface area contributed by atoms with Crippen LogP contribution in [-0.2, 0) is 10.2 Å². The number of nitrogens with zero attached hydrogens (tertiary/aromatic N) is 3. The van der Waals surface area contributed by atoms with Gasteiger partial charge in [-0.3, -0.25) is 4.98 Å². The van der Waals surface area contributed by atoms with Crippen LogP contribution in [0.4, 0.5) is 0 Å². The van der Waals surface area contributed by atoms with Crippen LogP contribution in [0.2, 0.25) is 0 Å². The molecule has 6 nitrogen and oxygen atoms in total. The third-order valence-electron chi connectivity index (χ3n) is 3.69. The predicted molar refractivity (Wildman–Crippen MR) is 68.4 cm³/mol. The predicted octanol–water partition coefficient (Wildman–Crippen LogP) is 1.06. The lowest BCUT2D eigenvalue weighted by atomic mass is 9.86. The van der Waals surface area contributed by atoms with Gasteiger partial charge in [-0.15, -0.1) is 0 Å². The molecular formula is C13H16N4O2. The Bertz CT molecular complexity index is 598. The molecule has 1 aliphatic heterocycles. The van der Waals surface area contributed by atoms with E-state index in [-0.39, 0.29) is 6.04 Å². The largest absolute Gasteiger partial charge is 0.379 e. The number of hydrogen-bond donors (Lipinski definition) is 1. The molecule has 0 aromatic carbocycles. The fourth-order valence-electron chi connectivity index (χ4n) is 2.20. The Morgan fingerprint density at radius 1 is 1.47 bits per heavy atom. The van der Waals surface area contributed by atoms with Crippen molar-refractivity contribution < 1.29 is 9.26 Å². The molecule has 2 N–H and O–H groups in total. The highest BCUT2D eigenvalue weighted by Crippen LogP contribution is 2.32. The molecule has 19 heavy (non-hydrogen) atoms. The highest BCUT2D eigenvalue weighted by Gasteiger charge is 2.44. The molecule has 0 radical (unpaired) electrons. The van der Waals surface area contributed by atoms with Gasteiger partial charge in [0.25, 0.3) is 0 Å². The lowest BCUT2D eigenvalue weighted by Crippen LogP contribution is -2.42. The van der Waals surface area contributed by atoms with Crippen molar-refractivity contribution >= 4 is 0 Å².